The van der Waals surface area contributed by atoms with E-state index < -0.39 is 12.0 Å². The van der Waals surface area contributed by atoms with Crippen molar-refractivity contribution < 1.29 is 18.7 Å². The zero-order chi connectivity index (χ0) is 13.5. The summed E-state index contributed by atoms with van der Waals surface area (Å²) in [5.74, 6) is -0.0171. The van der Waals surface area contributed by atoms with Crippen molar-refractivity contribution in [3.63, 3.8) is 0 Å². The van der Waals surface area contributed by atoms with Crippen molar-refractivity contribution in [1.82, 2.24) is 10.2 Å². The van der Waals surface area contributed by atoms with E-state index in [1.54, 1.807) is 6.92 Å². The van der Waals surface area contributed by atoms with Gasteiger partial charge in [0.1, 0.15) is 6.04 Å². The fourth-order valence-electron chi connectivity index (χ4n) is 1.00. The van der Waals surface area contributed by atoms with Crippen molar-refractivity contribution in [3.8, 4) is 0 Å². The number of methoxy groups -OCH3 is 1. The number of anilines is 1. The molecule has 0 aliphatic rings. The molecular formula is C9H14N4O4S. The summed E-state index contributed by atoms with van der Waals surface area (Å²) in [6.45, 7) is 1.62. The Morgan fingerprint density at radius 1 is 1.56 bits per heavy atom. The van der Waals surface area contributed by atoms with Crippen LogP contribution in [0, 0.1) is 6.92 Å². The topological polar surface area (TPSA) is 120 Å². The molecule has 0 aliphatic carbocycles. The van der Waals surface area contributed by atoms with Crippen LogP contribution in [0.4, 0.5) is 6.01 Å². The van der Waals surface area contributed by atoms with Crippen LogP contribution in [0.1, 0.15) is 5.89 Å². The Kier molecular flexibility index (Phi) is 5.59. The van der Waals surface area contributed by atoms with Gasteiger partial charge in [-0.3, -0.25) is 14.9 Å². The highest BCUT2D eigenvalue weighted by Gasteiger charge is 2.14. The number of ether oxygens (including phenoxy) is 1. The molecule has 1 rings (SSSR count). The number of nitrogens with two attached hydrogens (primary N) is 1. The smallest absolute Gasteiger partial charge is 0.323 e. The number of rotatable bonds is 6. The van der Waals surface area contributed by atoms with Crippen molar-refractivity contribution >= 4 is 29.7 Å². The molecule has 0 saturated carbocycles. The lowest BCUT2D eigenvalue weighted by Gasteiger charge is -2.07. The summed E-state index contributed by atoms with van der Waals surface area (Å²) in [7, 11) is 1.26. The molecule has 1 atom stereocenters. The van der Waals surface area contributed by atoms with Crippen LogP contribution in [0.5, 0.6) is 0 Å². The molecule has 0 aliphatic heterocycles. The summed E-state index contributed by atoms with van der Waals surface area (Å²) < 4.78 is 9.43. The van der Waals surface area contributed by atoms with Crippen LogP contribution in [-0.4, -0.2) is 46.7 Å². The maximum absolute atomic E-state index is 11.4. The van der Waals surface area contributed by atoms with E-state index in [-0.39, 0.29) is 17.7 Å². The molecule has 3 N–H and O–H groups in total. The number of aryl methyl sites for hydroxylation is 1. The van der Waals surface area contributed by atoms with Gasteiger partial charge in [0.2, 0.25) is 11.8 Å². The Balaban J connectivity index is 2.23. The minimum Gasteiger partial charge on any atom is -0.468 e. The van der Waals surface area contributed by atoms with Gasteiger partial charge < -0.3 is 14.9 Å². The molecule has 9 heteroatoms. The van der Waals surface area contributed by atoms with Gasteiger partial charge in [-0.05, 0) is 0 Å². The van der Waals surface area contributed by atoms with E-state index in [4.69, 9.17) is 10.2 Å². The number of nitrogens with one attached hydrogen (secondary N) is 1. The molecule has 18 heavy (non-hydrogen) atoms. The number of hydrogen-bond donors (Lipinski definition) is 2. The second-order valence-corrected chi connectivity index (χ2v) is 4.35. The third-order valence-electron chi connectivity index (χ3n) is 1.81. The first-order valence-corrected chi connectivity index (χ1v) is 6.19. The first-order chi connectivity index (χ1) is 8.52. The molecule has 1 aromatic rings. The number of thioether (sulfide) groups is 1. The molecule has 0 saturated heterocycles. The lowest BCUT2D eigenvalue weighted by atomic mass is 10.4. The first kappa shape index (κ1) is 14.5. The highest BCUT2D eigenvalue weighted by molar-refractivity contribution is 8.00. The van der Waals surface area contributed by atoms with Gasteiger partial charge in [-0.1, -0.05) is 5.10 Å². The third-order valence-corrected chi connectivity index (χ3v) is 2.87. The van der Waals surface area contributed by atoms with E-state index in [2.05, 4.69) is 20.3 Å². The Morgan fingerprint density at radius 2 is 2.28 bits per heavy atom. The maximum Gasteiger partial charge on any atom is 0.323 e. The Labute approximate surface area is 108 Å². The highest BCUT2D eigenvalue weighted by Crippen LogP contribution is 2.07. The van der Waals surface area contributed by atoms with Gasteiger partial charge in [0.15, 0.2) is 0 Å². The molecular weight excluding hydrogens is 260 g/mol. The summed E-state index contributed by atoms with van der Waals surface area (Å²) in [6, 6.07) is -0.686. The van der Waals surface area contributed by atoms with E-state index >= 15 is 0 Å². The first-order valence-electron chi connectivity index (χ1n) is 5.04. The predicted molar refractivity (Wildman–Crippen MR) is 65.0 cm³/mol. The second-order valence-electron chi connectivity index (χ2n) is 3.32. The molecule has 100 valence electrons. The standard InChI is InChI=1S/C9H14N4O4S/c1-5-12-13-9(17-5)11-7(14)4-18-3-6(10)8(15)16-2/h6H,3-4,10H2,1-2H3,(H,11,13,14). The lowest BCUT2D eigenvalue weighted by molar-refractivity contribution is -0.141. The number of aromatic nitrogens is 2. The number of esters is 1. The van der Waals surface area contributed by atoms with Crippen LogP contribution < -0.4 is 11.1 Å². The van der Waals surface area contributed by atoms with Gasteiger partial charge >= 0.3 is 12.0 Å². The van der Waals surface area contributed by atoms with Crippen molar-refractivity contribution in [2.75, 3.05) is 23.9 Å². The maximum atomic E-state index is 11.4. The monoisotopic (exact) mass is 274 g/mol. The minimum absolute atomic E-state index is 0.0513. The molecule has 0 spiro atoms. The van der Waals surface area contributed by atoms with Crippen molar-refractivity contribution in [1.29, 1.82) is 0 Å². The van der Waals surface area contributed by atoms with Crippen LogP contribution in [0.15, 0.2) is 4.42 Å². The molecule has 8 nitrogen and oxygen atoms in total. The van der Waals surface area contributed by atoms with Crippen molar-refractivity contribution in [3.05, 3.63) is 5.89 Å². The number of carbonyl (C=O) groups excluding carboxylic acids is 2. The summed E-state index contributed by atoms with van der Waals surface area (Å²) in [5, 5.41) is 9.60. The minimum atomic E-state index is -0.738. The SMILES string of the molecule is COC(=O)C(N)CSCC(=O)Nc1nnc(C)o1. The zero-order valence-corrected chi connectivity index (χ0v) is 10.8. The second kappa shape index (κ2) is 6.97. The van der Waals surface area contributed by atoms with Gasteiger partial charge in [-0.15, -0.1) is 16.9 Å². The van der Waals surface area contributed by atoms with Gasteiger partial charge in [0.05, 0.1) is 12.9 Å². The number of hydrogen-bond acceptors (Lipinski definition) is 8. The average molecular weight is 274 g/mol. The molecule has 1 unspecified atom stereocenters. The van der Waals surface area contributed by atoms with Crippen molar-refractivity contribution in [2.45, 2.75) is 13.0 Å². The van der Waals surface area contributed by atoms with E-state index in [1.165, 1.54) is 18.9 Å². The van der Waals surface area contributed by atoms with E-state index in [1.807, 2.05) is 0 Å². The van der Waals surface area contributed by atoms with Crippen molar-refractivity contribution in [2.24, 2.45) is 5.73 Å². The lowest BCUT2D eigenvalue weighted by Crippen LogP contribution is -2.34. The van der Waals surface area contributed by atoms with Crippen LogP contribution in [0.3, 0.4) is 0 Å². The largest absolute Gasteiger partial charge is 0.468 e. The number of nitrogens with zero attached hydrogens (tertiary/aromatic N) is 2. The third kappa shape index (κ3) is 4.72. The Hall–Kier alpha value is -1.61. The molecule has 0 radical (unpaired) electrons. The summed E-state index contributed by atoms with van der Waals surface area (Å²) in [4.78, 5) is 22.4. The van der Waals surface area contributed by atoms with Gasteiger partial charge in [0.25, 0.3) is 0 Å². The van der Waals surface area contributed by atoms with E-state index in [9.17, 15) is 9.59 Å². The molecule has 1 heterocycles. The average Bonchev–Trinajstić information content (AvgIpc) is 2.73. The molecule has 0 fully saturated rings. The summed E-state index contributed by atoms with van der Waals surface area (Å²) in [5.41, 5.74) is 5.50. The Morgan fingerprint density at radius 3 is 2.83 bits per heavy atom. The highest BCUT2D eigenvalue weighted by atomic mass is 32.2. The van der Waals surface area contributed by atoms with Crippen LogP contribution in [0.2, 0.25) is 0 Å². The van der Waals surface area contributed by atoms with Crippen LogP contribution >= 0.6 is 11.8 Å². The number of carbonyl (C=O) groups is 2. The molecule has 1 amide bonds. The Bertz CT molecular complexity index is 422. The van der Waals surface area contributed by atoms with Crippen LogP contribution in [-0.2, 0) is 14.3 Å². The summed E-state index contributed by atoms with van der Waals surface area (Å²) in [6.07, 6.45) is 0. The van der Waals surface area contributed by atoms with E-state index in [0.29, 0.717) is 11.6 Å². The molecule has 0 bridgehead atoms. The van der Waals surface area contributed by atoms with Gasteiger partial charge in [-0.2, -0.15) is 0 Å². The zero-order valence-electron chi connectivity index (χ0n) is 10.0. The predicted octanol–water partition coefficient (Wildman–Crippen LogP) is -0.450. The quantitative estimate of drug-likeness (QED) is 0.669. The van der Waals surface area contributed by atoms with Gasteiger partial charge in [-0.25, -0.2) is 0 Å². The molecule has 1 aromatic heterocycles. The normalized spacial score (nSPS) is 11.9. The number of amides is 1. The fourth-order valence-corrected chi connectivity index (χ4v) is 1.77. The molecule has 0 aromatic carbocycles. The van der Waals surface area contributed by atoms with Crippen LogP contribution in [0.25, 0.3) is 0 Å². The van der Waals surface area contributed by atoms with E-state index in [0.717, 1.165) is 0 Å². The summed E-state index contributed by atoms with van der Waals surface area (Å²) >= 11 is 1.21. The fraction of sp³-hybridized carbons (Fsp3) is 0.556. The van der Waals surface area contributed by atoms with Gasteiger partial charge in [0, 0.05) is 12.7 Å².